The Morgan fingerprint density at radius 2 is 2.00 bits per heavy atom. The number of hydrogen-bond donors (Lipinski definition) is 1. The molecule has 106 valence electrons. The van der Waals surface area contributed by atoms with E-state index in [0.29, 0.717) is 17.6 Å². The fraction of sp³-hybridized carbons (Fsp3) is 0.692. The van der Waals surface area contributed by atoms with E-state index >= 15 is 0 Å². The Morgan fingerprint density at radius 3 is 2.63 bits per heavy atom. The Hall–Kier alpha value is -0.910. The molecule has 1 aromatic heterocycles. The van der Waals surface area contributed by atoms with E-state index in [0.717, 1.165) is 37.3 Å². The van der Waals surface area contributed by atoms with Crippen LogP contribution in [0, 0.1) is 13.8 Å². The number of aliphatic hydroxyl groups excluding tert-OH is 1. The van der Waals surface area contributed by atoms with Crippen LogP contribution in [-0.4, -0.2) is 47.5 Å². The van der Waals surface area contributed by atoms with E-state index in [9.17, 15) is 0 Å². The van der Waals surface area contributed by atoms with Crippen LogP contribution in [0.3, 0.4) is 0 Å². The number of hydrogen-bond acceptors (Lipinski definition) is 5. The molecular formula is C13H20ClN3O2. The van der Waals surface area contributed by atoms with Gasteiger partial charge in [-0.3, -0.25) is 0 Å². The van der Waals surface area contributed by atoms with Gasteiger partial charge in [-0.15, -0.1) is 0 Å². The first kappa shape index (κ1) is 14.5. The molecule has 0 aliphatic carbocycles. The molecule has 0 radical (unpaired) electrons. The van der Waals surface area contributed by atoms with Crippen molar-refractivity contribution in [2.45, 2.75) is 32.8 Å². The number of ether oxygens (including phenoxy) is 1. The molecular weight excluding hydrogens is 266 g/mol. The molecule has 0 spiro atoms. The molecule has 1 aliphatic rings. The maximum absolute atomic E-state index is 8.76. The largest absolute Gasteiger partial charge is 0.394 e. The van der Waals surface area contributed by atoms with Crippen molar-refractivity contribution in [3.05, 3.63) is 16.5 Å². The first-order valence-electron chi connectivity index (χ1n) is 6.60. The van der Waals surface area contributed by atoms with Crippen molar-refractivity contribution in [3.63, 3.8) is 0 Å². The van der Waals surface area contributed by atoms with E-state index < -0.39 is 0 Å². The van der Waals surface area contributed by atoms with Crippen molar-refractivity contribution in [2.75, 3.05) is 31.2 Å². The lowest BCUT2D eigenvalue weighted by atomic mass is 10.1. The summed E-state index contributed by atoms with van der Waals surface area (Å²) in [5.74, 6) is 1.63. The zero-order valence-electron chi connectivity index (χ0n) is 11.4. The summed E-state index contributed by atoms with van der Waals surface area (Å²) < 4.78 is 5.56. The second-order valence-electron chi connectivity index (χ2n) is 4.79. The normalized spacial score (nSPS) is 16.9. The Bertz CT molecular complexity index is 434. The quantitative estimate of drug-likeness (QED) is 0.854. The summed E-state index contributed by atoms with van der Waals surface area (Å²) in [5, 5.41) is 9.29. The SMILES string of the molecule is Cc1nc(Cl)c(C)c(N2CCC(OCCO)CC2)n1. The molecule has 1 aliphatic heterocycles. The van der Waals surface area contributed by atoms with Gasteiger partial charge in [0.25, 0.3) is 0 Å². The molecule has 0 bridgehead atoms. The van der Waals surface area contributed by atoms with Crippen molar-refractivity contribution in [1.82, 2.24) is 9.97 Å². The van der Waals surface area contributed by atoms with Crippen molar-refractivity contribution in [3.8, 4) is 0 Å². The monoisotopic (exact) mass is 285 g/mol. The standard InChI is InChI=1S/C13H20ClN3O2/c1-9-12(14)15-10(2)16-13(9)17-5-3-11(4-6-17)19-8-7-18/h11,18H,3-8H2,1-2H3. The summed E-state index contributed by atoms with van der Waals surface area (Å²) in [5.41, 5.74) is 0.932. The topological polar surface area (TPSA) is 58.5 Å². The lowest BCUT2D eigenvalue weighted by molar-refractivity contribution is 0.0158. The Balaban J connectivity index is 2.01. The third-order valence-corrected chi connectivity index (χ3v) is 3.73. The highest BCUT2D eigenvalue weighted by atomic mass is 35.5. The Morgan fingerprint density at radius 1 is 1.32 bits per heavy atom. The zero-order valence-corrected chi connectivity index (χ0v) is 12.2. The van der Waals surface area contributed by atoms with Gasteiger partial charge in [-0.05, 0) is 26.7 Å². The second-order valence-corrected chi connectivity index (χ2v) is 5.15. The number of aliphatic hydroxyl groups is 1. The van der Waals surface area contributed by atoms with Crippen LogP contribution in [0.15, 0.2) is 0 Å². The van der Waals surface area contributed by atoms with E-state index in [1.54, 1.807) is 0 Å². The highest BCUT2D eigenvalue weighted by Gasteiger charge is 2.22. The van der Waals surface area contributed by atoms with Crippen molar-refractivity contribution >= 4 is 17.4 Å². The summed E-state index contributed by atoms with van der Waals surface area (Å²) >= 11 is 6.11. The lowest BCUT2D eigenvalue weighted by Gasteiger charge is -2.33. The van der Waals surface area contributed by atoms with Crippen LogP contribution in [0.1, 0.15) is 24.2 Å². The van der Waals surface area contributed by atoms with Gasteiger partial charge < -0.3 is 14.7 Å². The van der Waals surface area contributed by atoms with Crippen LogP contribution >= 0.6 is 11.6 Å². The van der Waals surface area contributed by atoms with Gasteiger partial charge in [0.15, 0.2) is 0 Å². The molecule has 0 saturated carbocycles. The summed E-state index contributed by atoms with van der Waals surface area (Å²) in [4.78, 5) is 10.9. The van der Waals surface area contributed by atoms with Gasteiger partial charge in [-0.25, -0.2) is 9.97 Å². The summed E-state index contributed by atoms with van der Waals surface area (Å²) in [6, 6.07) is 0. The number of aryl methyl sites for hydroxylation is 1. The summed E-state index contributed by atoms with van der Waals surface area (Å²) in [7, 11) is 0. The van der Waals surface area contributed by atoms with Gasteiger partial charge in [-0.1, -0.05) is 11.6 Å². The predicted molar refractivity (Wildman–Crippen MR) is 74.8 cm³/mol. The average molecular weight is 286 g/mol. The number of anilines is 1. The van der Waals surface area contributed by atoms with Gasteiger partial charge in [0.2, 0.25) is 0 Å². The summed E-state index contributed by atoms with van der Waals surface area (Å²) in [6.45, 7) is 6.09. The number of aromatic nitrogens is 2. The van der Waals surface area contributed by atoms with E-state index in [1.165, 1.54) is 0 Å². The molecule has 5 nitrogen and oxygen atoms in total. The molecule has 2 heterocycles. The van der Waals surface area contributed by atoms with Crippen LogP contribution in [0.4, 0.5) is 5.82 Å². The third kappa shape index (κ3) is 3.55. The first-order valence-corrected chi connectivity index (χ1v) is 6.97. The summed E-state index contributed by atoms with van der Waals surface area (Å²) in [6.07, 6.45) is 2.13. The van der Waals surface area contributed by atoms with Crippen LogP contribution in [0.2, 0.25) is 5.15 Å². The third-order valence-electron chi connectivity index (χ3n) is 3.36. The number of rotatable bonds is 4. The van der Waals surface area contributed by atoms with Gasteiger partial charge in [0.1, 0.15) is 16.8 Å². The van der Waals surface area contributed by atoms with Crippen molar-refractivity contribution in [2.24, 2.45) is 0 Å². The van der Waals surface area contributed by atoms with E-state index in [-0.39, 0.29) is 12.7 Å². The lowest BCUT2D eigenvalue weighted by Crippen LogP contribution is -2.38. The van der Waals surface area contributed by atoms with Gasteiger partial charge in [0, 0.05) is 18.7 Å². The first-order chi connectivity index (χ1) is 9.11. The van der Waals surface area contributed by atoms with E-state index in [1.807, 2.05) is 13.8 Å². The maximum atomic E-state index is 8.76. The molecule has 0 atom stereocenters. The Labute approximate surface area is 118 Å². The fourth-order valence-electron chi connectivity index (χ4n) is 2.34. The molecule has 1 aromatic rings. The fourth-order valence-corrected chi connectivity index (χ4v) is 2.55. The van der Waals surface area contributed by atoms with E-state index in [4.69, 9.17) is 21.4 Å². The molecule has 1 fully saturated rings. The highest BCUT2D eigenvalue weighted by molar-refractivity contribution is 6.30. The molecule has 1 saturated heterocycles. The molecule has 2 rings (SSSR count). The predicted octanol–water partition coefficient (Wildman–Crippen LogP) is 1.72. The average Bonchev–Trinajstić information content (AvgIpc) is 2.41. The molecule has 19 heavy (non-hydrogen) atoms. The second kappa shape index (κ2) is 6.50. The number of nitrogens with zero attached hydrogens (tertiary/aromatic N) is 3. The molecule has 6 heteroatoms. The van der Waals surface area contributed by atoms with Crippen molar-refractivity contribution in [1.29, 1.82) is 0 Å². The molecule has 0 aromatic carbocycles. The minimum Gasteiger partial charge on any atom is -0.394 e. The van der Waals surface area contributed by atoms with Gasteiger partial charge in [-0.2, -0.15) is 0 Å². The number of halogens is 1. The van der Waals surface area contributed by atoms with Crippen LogP contribution < -0.4 is 4.90 Å². The van der Waals surface area contributed by atoms with Crippen molar-refractivity contribution < 1.29 is 9.84 Å². The molecule has 0 amide bonds. The van der Waals surface area contributed by atoms with Gasteiger partial charge in [0.05, 0.1) is 19.3 Å². The van der Waals surface area contributed by atoms with Gasteiger partial charge >= 0.3 is 0 Å². The van der Waals surface area contributed by atoms with Crippen LogP contribution in [0.25, 0.3) is 0 Å². The highest BCUT2D eigenvalue weighted by Crippen LogP contribution is 2.26. The zero-order chi connectivity index (χ0) is 13.8. The Kier molecular flexibility index (Phi) is 4.96. The van der Waals surface area contributed by atoms with E-state index in [2.05, 4.69) is 14.9 Å². The van der Waals surface area contributed by atoms with Crippen LogP contribution in [-0.2, 0) is 4.74 Å². The van der Waals surface area contributed by atoms with Crippen LogP contribution in [0.5, 0.6) is 0 Å². The molecule has 1 N–H and O–H groups in total. The smallest absolute Gasteiger partial charge is 0.137 e. The number of piperidine rings is 1. The minimum atomic E-state index is 0.0834. The maximum Gasteiger partial charge on any atom is 0.137 e. The molecule has 0 unspecified atom stereocenters. The minimum absolute atomic E-state index is 0.0834.